The van der Waals surface area contributed by atoms with Gasteiger partial charge in [0.15, 0.2) is 0 Å². The summed E-state index contributed by atoms with van der Waals surface area (Å²) in [5, 5.41) is 3.14. The van der Waals surface area contributed by atoms with E-state index in [0.29, 0.717) is 17.0 Å². The highest BCUT2D eigenvalue weighted by atomic mass is 35.5. The number of carbonyl (C=O) groups is 1. The van der Waals surface area contributed by atoms with Crippen molar-refractivity contribution in [1.29, 1.82) is 0 Å². The molecular formula is C16H13Cl2F3N4O3S. The molecule has 1 atom stereocenters. The predicted octanol–water partition coefficient (Wildman–Crippen LogP) is 4.11. The topological polar surface area (TPSA) is 85.6 Å². The van der Waals surface area contributed by atoms with Crippen molar-refractivity contribution in [3.05, 3.63) is 52.3 Å². The molecule has 29 heavy (non-hydrogen) atoms. The van der Waals surface area contributed by atoms with Crippen molar-refractivity contribution in [2.45, 2.75) is 18.0 Å². The van der Waals surface area contributed by atoms with E-state index in [4.69, 9.17) is 28.0 Å². The van der Waals surface area contributed by atoms with E-state index in [0.717, 1.165) is 10.8 Å². The molecule has 0 aliphatic carbocycles. The van der Waals surface area contributed by atoms with Crippen LogP contribution in [-0.4, -0.2) is 32.2 Å². The lowest BCUT2D eigenvalue weighted by atomic mass is 10.2. The molecule has 0 spiro atoms. The first-order chi connectivity index (χ1) is 13.5. The molecular weight excluding hydrogens is 456 g/mol. The lowest BCUT2D eigenvalue weighted by Gasteiger charge is -2.12. The average Bonchev–Trinajstić information content (AvgIpc) is 3.10. The Morgan fingerprint density at radius 1 is 1.34 bits per heavy atom. The van der Waals surface area contributed by atoms with Crippen LogP contribution in [0.3, 0.4) is 0 Å². The second-order valence-corrected chi connectivity index (χ2v) is 7.51. The van der Waals surface area contributed by atoms with Gasteiger partial charge >= 0.3 is 12.1 Å². The van der Waals surface area contributed by atoms with Gasteiger partial charge < -0.3 is 4.84 Å². The third-order valence-corrected chi connectivity index (χ3v) is 4.67. The summed E-state index contributed by atoms with van der Waals surface area (Å²) in [6, 6.07) is 1.32. The van der Waals surface area contributed by atoms with Gasteiger partial charge in [0.05, 0.1) is 43.7 Å². The Balaban J connectivity index is 2.51. The quantitative estimate of drug-likeness (QED) is 0.317. The summed E-state index contributed by atoms with van der Waals surface area (Å²) < 4.78 is 51.3. The Hall–Kier alpha value is -2.37. The van der Waals surface area contributed by atoms with Crippen molar-refractivity contribution >= 4 is 51.6 Å². The zero-order valence-electron chi connectivity index (χ0n) is 14.8. The van der Waals surface area contributed by atoms with Gasteiger partial charge in [0.2, 0.25) is 0 Å². The minimum Gasteiger partial charge on any atom is -0.336 e. The minimum absolute atomic E-state index is 0.222. The Bertz CT molecular complexity index is 983. The third kappa shape index (κ3) is 6.05. The summed E-state index contributed by atoms with van der Waals surface area (Å²) in [5.41, 5.74) is 0.958. The van der Waals surface area contributed by atoms with Gasteiger partial charge in [-0.25, -0.2) is 14.5 Å². The molecule has 1 N–H and O–H groups in total. The molecule has 0 fully saturated rings. The number of rotatable bonds is 3. The van der Waals surface area contributed by atoms with E-state index in [1.54, 1.807) is 6.92 Å². The van der Waals surface area contributed by atoms with E-state index in [-0.39, 0.29) is 11.6 Å². The molecule has 7 nitrogen and oxygen atoms in total. The Labute approximate surface area is 175 Å². The number of hydrogen-bond donors (Lipinski definition) is 1. The molecule has 13 heteroatoms. The molecule has 1 unspecified atom stereocenters. The summed E-state index contributed by atoms with van der Waals surface area (Å²) in [6.45, 7) is 1.59. The van der Waals surface area contributed by atoms with Crippen molar-refractivity contribution in [2.75, 3.05) is 6.26 Å². The average molecular weight is 469 g/mol. The number of hydrogen-bond acceptors (Lipinski definition) is 5. The standard InChI is InChI=1S/C16H13Cl2F3N4O3S/c1-3-4-13(26)28-24-15(25-8-10(7-22-25)29(2)27)23-14-11(17)5-9(6-12(14)18)16(19,20)21/h3-8H,1-2H3,(H,23,24). The fourth-order valence-corrected chi connectivity index (χ4v) is 2.91. The molecule has 0 bridgehead atoms. The van der Waals surface area contributed by atoms with E-state index in [1.165, 1.54) is 24.7 Å². The van der Waals surface area contributed by atoms with Crippen LogP contribution in [0, 0.1) is 0 Å². The van der Waals surface area contributed by atoms with Gasteiger partial charge in [0, 0.05) is 12.3 Å². The van der Waals surface area contributed by atoms with Crippen LogP contribution in [0.25, 0.3) is 0 Å². The lowest BCUT2D eigenvalue weighted by Crippen LogP contribution is -2.32. The molecule has 0 radical (unpaired) electrons. The highest BCUT2D eigenvalue weighted by molar-refractivity contribution is 7.84. The van der Waals surface area contributed by atoms with Crippen LogP contribution in [0.2, 0.25) is 10.0 Å². The van der Waals surface area contributed by atoms with E-state index in [2.05, 4.69) is 15.6 Å². The smallest absolute Gasteiger partial charge is 0.336 e. The van der Waals surface area contributed by atoms with Crippen LogP contribution < -0.4 is 5.48 Å². The summed E-state index contributed by atoms with van der Waals surface area (Å²) in [6.07, 6.45) is 1.89. The molecule has 0 saturated heterocycles. The minimum atomic E-state index is -4.65. The van der Waals surface area contributed by atoms with Gasteiger partial charge in [0.25, 0.3) is 5.96 Å². The van der Waals surface area contributed by atoms with Crippen molar-refractivity contribution in [3.8, 4) is 0 Å². The monoisotopic (exact) mass is 468 g/mol. The number of allylic oxidation sites excluding steroid dienone is 1. The summed E-state index contributed by atoms with van der Waals surface area (Å²) >= 11 is 11.8. The Kier molecular flexibility index (Phi) is 7.44. The lowest BCUT2D eigenvalue weighted by molar-refractivity contribution is -0.142. The molecule has 0 aliphatic rings. The second-order valence-electron chi connectivity index (χ2n) is 5.32. The number of carbonyl (C=O) groups excluding carboxylic acids is 1. The van der Waals surface area contributed by atoms with E-state index < -0.39 is 38.6 Å². The zero-order valence-corrected chi connectivity index (χ0v) is 17.2. The van der Waals surface area contributed by atoms with Crippen LogP contribution >= 0.6 is 23.2 Å². The van der Waals surface area contributed by atoms with Crippen molar-refractivity contribution in [2.24, 2.45) is 4.99 Å². The van der Waals surface area contributed by atoms with Crippen molar-refractivity contribution in [1.82, 2.24) is 15.3 Å². The Morgan fingerprint density at radius 2 is 1.97 bits per heavy atom. The van der Waals surface area contributed by atoms with Gasteiger partial charge in [-0.05, 0) is 19.1 Å². The summed E-state index contributed by atoms with van der Waals surface area (Å²) in [4.78, 5) is 20.7. The Morgan fingerprint density at radius 3 is 2.45 bits per heavy atom. The van der Waals surface area contributed by atoms with Crippen LogP contribution in [0.15, 0.2) is 46.6 Å². The first kappa shape index (κ1) is 22.9. The highest BCUT2D eigenvalue weighted by Crippen LogP contribution is 2.40. The first-order valence-electron chi connectivity index (χ1n) is 7.65. The number of aliphatic imine (C=N–C) groups is 1. The largest absolute Gasteiger partial charge is 0.416 e. The summed E-state index contributed by atoms with van der Waals surface area (Å²) in [5.74, 6) is -1.04. The van der Waals surface area contributed by atoms with E-state index >= 15 is 0 Å². The fourth-order valence-electron chi connectivity index (χ4n) is 1.90. The van der Waals surface area contributed by atoms with Crippen LogP contribution in [0.1, 0.15) is 12.5 Å². The van der Waals surface area contributed by atoms with Gasteiger partial charge in [-0.1, -0.05) is 29.3 Å². The number of alkyl halides is 3. The molecule has 0 amide bonds. The number of nitrogens with one attached hydrogen (secondary N) is 1. The zero-order chi connectivity index (χ0) is 21.8. The normalized spacial score (nSPS) is 13.6. The number of nitrogens with zero attached hydrogens (tertiary/aromatic N) is 3. The first-order valence-corrected chi connectivity index (χ1v) is 9.97. The molecule has 2 aromatic rings. The number of aromatic nitrogens is 2. The maximum absolute atomic E-state index is 12.9. The van der Waals surface area contributed by atoms with Gasteiger partial charge in [-0.2, -0.15) is 23.8 Å². The van der Waals surface area contributed by atoms with Gasteiger partial charge in [0.1, 0.15) is 5.69 Å². The number of benzene rings is 1. The predicted molar refractivity (Wildman–Crippen MR) is 103 cm³/mol. The maximum atomic E-state index is 12.9. The van der Waals surface area contributed by atoms with Crippen LogP contribution in [0.4, 0.5) is 18.9 Å². The second kappa shape index (κ2) is 9.42. The molecule has 1 aromatic carbocycles. The molecule has 156 valence electrons. The van der Waals surface area contributed by atoms with Gasteiger partial charge in [-0.3, -0.25) is 4.21 Å². The van der Waals surface area contributed by atoms with Crippen molar-refractivity contribution in [3.63, 3.8) is 0 Å². The van der Waals surface area contributed by atoms with E-state index in [1.807, 2.05) is 0 Å². The molecule has 1 heterocycles. The van der Waals surface area contributed by atoms with Crippen LogP contribution in [0.5, 0.6) is 0 Å². The van der Waals surface area contributed by atoms with Gasteiger partial charge in [-0.15, -0.1) is 0 Å². The molecule has 0 saturated carbocycles. The van der Waals surface area contributed by atoms with E-state index in [9.17, 15) is 22.2 Å². The summed E-state index contributed by atoms with van der Waals surface area (Å²) in [7, 11) is -1.37. The highest BCUT2D eigenvalue weighted by Gasteiger charge is 2.32. The molecule has 1 aromatic heterocycles. The fraction of sp³-hybridized carbons (Fsp3) is 0.188. The van der Waals surface area contributed by atoms with Crippen LogP contribution in [-0.2, 0) is 26.6 Å². The maximum Gasteiger partial charge on any atom is 0.416 e. The molecule has 0 aliphatic heterocycles. The van der Waals surface area contributed by atoms with Crippen molar-refractivity contribution < 1.29 is 27.0 Å². The SMILES string of the molecule is CC=CC(=O)ONC(=Nc1c(Cl)cc(C(F)(F)F)cc1Cl)n1cc(S(C)=O)cn1. The number of hydroxylamine groups is 1. The number of halogens is 5. The molecule has 2 rings (SSSR count). The third-order valence-electron chi connectivity index (χ3n) is 3.22.